The molecule has 138 valence electrons. The van der Waals surface area contributed by atoms with Gasteiger partial charge in [-0.05, 0) is 42.5 Å². The Kier molecular flexibility index (Phi) is 5.24. The van der Waals surface area contributed by atoms with Gasteiger partial charge in [0, 0.05) is 19.9 Å². The maximum atomic E-state index is 14.2. The molecule has 0 saturated carbocycles. The van der Waals surface area contributed by atoms with Gasteiger partial charge in [0.25, 0.3) is 5.91 Å². The van der Waals surface area contributed by atoms with Crippen molar-refractivity contribution in [2.75, 3.05) is 5.32 Å². The quantitative estimate of drug-likeness (QED) is 0.336. The van der Waals surface area contributed by atoms with Gasteiger partial charge in [-0.15, -0.1) is 0 Å². The van der Waals surface area contributed by atoms with Crippen LogP contribution in [0.1, 0.15) is 10.4 Å². The fraction of sp³-hybridized carbons (Fsp3) is 0. The Labute approximate surface area is 177 Å². The summed E-state index contributed by atoms with van der Waals surface area (Å²) in [6, 6.07) is 21.4. The Hall–Kier alpha value is -2.57. The fourth-order valence-electron chi connectivity index (χ4n) is 2.91. The van der Waals surface area contributed by atoms with Crippen LogP contribution in [-0.2, 0) is 0 Å². The third kappa shape index (κ3) is 3.84. The van der Waals surface area contributed by atoms with Gasteiger partial charge in [0.1, 0.15) is 5.82 Å². The summed E-state index contributed by atoms with van der Waals surface area (Å²) in [6.45, 7) is 0. The molecule has 0 radical (unpaired) electrons. The van der Waals surface area contributed by atoms with Crippen molar-refractivity contribution >= 4 is 54.4 Å². The number of fused-ring (bicyclic) bond motifs is 1. The summed E-state index contributed by atoms with van der Waals surface area (Å²) in [5.41, 5.74) is 2.82. The first kappa shape index (κ1) is 18.8. The van der Waals surface area contributed by atoms with E-state index >= 15 is 0 Å². The number of anilines is 1. The number of carbonyl (C=O) groups excluding carboxylic acids is 1. The van der Waals surface area contributed by atoms with Gasteiger partial charge in [0.05, 0.1) is 22.5 Å². The first-order valence-corrected chi connectivity index (χ1v) is 10.0. The van der Waals surface area contributed by atoms with Crippen molar-refractivity contribution in [2.45, 2.75) is 0 Å². The third-order valence-electron chi connectivity index (χ3n) is 4.28. The highest BCUT2D eigenvalue weighted by molar-refractivity contribution is 9.10. The standard InChI is InChI=1S/C22H13Br2FN2O/c23-14-7-5-13(6-8-14)21-12-17(16-3-1-2-4-19(16)26-21)22(28)27-20-10-9-15(24)11-18(20)25/h1-12H,(H,27,28). The molecule has 3 nitrogen and oxygen atoms in total. The topological polar surface area (TPSA) is 42.0 Å². The monoisotopic (exact) mass is 498 g/mol. The summed E-state index contributed by atoms with van der Waals surface area (Å²) in [5, 5.41) is 3.37. The van der Waals surface area contributed by atoms with Gasteiger partial charge in [0.2, 0.25) is 0 Å². The van der Waals surface area contributed by atoms with Crippen LogP contribution in [0.2, 0.25) is 0 Å². The molecule has 4 rings (SSSR count). The van der Waals surface area contributed by atoms with Crippen LogP contribution in [0.3, 0.4) is 0 Å². The second-order valence-electron chi connectivity index (χ2n) is 6.16. The molecule has 0 spiro atoms. The number of para-hydroxylation sites is 1. The number of halogens is 3. The lowest BCUT2D eigenvalue weighted by molar-refractivity contribution is 0.102. The minimum absolute atomic E-state index is 0.124. The van der Waals surface area contributed by atoms with Crippen LogP contribution in [0.15, 0.2) is 81.7 Å². The molecule has 1 amide bonds. The molecule has 28 heavy (non-hydrogen) atoms. The molecule has 0 unspecified atom stereocenters. The molecular weight excluding hydrogens is 487 g/mol. The minimum atomic E-state index is -0.505. The molecule has 0 aliphatic carbocycles. The Morgan fingerprint density at radius 3 is 2.36 bits per heavy atom. The van der Waals surface area contributed by atoms with E-state index in [0.29, 0.717) is 26.6 Å². The number of carbonyl (C=O) groups is 1. The molecule has 0 saturated heterocycles. The molecule has 1 heterocycles. The maximum Gasteiger partial charge on any atom is 0.256 e. The zero-order valence-electron chi connectivity index (χ0n) is 14.4. The number of nitrogens with one attached hydrogen (secondary N) is 1. The second-order valence-corrected chi connectivity index (χ2v) is 7.99. The molecule has 3 aromatic carbocycles. The van der Waals surface area contributed by atoms with Gasteiger partial charge in [-0.3, -0.25) is 4.79 Å². The van der Waals surface area contributed by atoms with E-state index in [-0.39, 0.29) is 5.69 Å². The largest absolute Gasteiger partial charge is 0.319 e. The lowest BCUT2D eigenvalue weighted by Crippen LogP contribution is -2.14. The number of benzene rings is 3. The van der Waals surface area contributed by atoms with Gasteiger partial charge in [-0.25, -0.2) is 9.37 Å². The smallest absolute Gasteiger partial charge is 0.256 e. The minimum Gasteiger partial charge on any atom is -0.319 e. The Morgan fingerprint density at radius 1 is 0.893 bits per heavy atom. The van der Waals surface area contributed by atoms with Crippen molar-refractivity contribution in [1.82, 2.24) is 4.98 Å². The molecule has 0 aliphatic rings. The zero-order chi connectivity index (χ0) is 19.7. The van der Waals surface area contributed by atoms with Crippen LogP contribution < -0.4 is 5.32 Å². The number of aromatic nitrogens is 1. The first-order chi connectivity index (χ1) is 13.5. The molecule has 0 bridgehead atoms. The average Bonchev–Trinajstić information content (AvgIpc) is 2.69. The van der Waals surface area contributed by atoms with Gasteiger partial charge in [0.15, 0.2) is 0 Å². The summed E-state index contributed by atoms with van der Waals surface area (Å²) in [7, 11) is 0. The van der Waals surface area contributed by atoms with Crippen LogP contribution in [0.25, 0.3) is 22.2 Å². The highest BCUT2D eigenvalue weighted by atomic mass is 79.9. The molecule has 1 aromatic heterocycles. The normalized spacial score (nSPS) is 10.8. The van der Waals surface area contributed by atoms with E-state index in [1.807, 2.05) is 48.5 Å². The fourth-order valence-corrected chi connectivity index (χ4v) is 3.51. The van der Waals surface area contributed by atoms with E-state index in [0.717, 1.165) is 10.0 Å². The summed E-state index contributed by atoms with van der Waals surface area (Å²) in [5.74, 6) is -0.896. The van der Waals surface area contributed by atoms with E-state index in [1.165, 1.54) is 12.1 Å². The third-order valence-corrected chi connectivity index (χ3v) is 5.30. The predicted molar refractivity (Wildman–Crippen MR) is 117 cm³/mol. The van der Waals surface area contributed by atoms with Gasteiger partial charge in [-0.1, -0.05) is 62.2 Å². The van der Waals surface area contributed by atoms with Crippen molar-refractivity contribution < 1.29 is 9.18 Å². The lowest BCUT2D eigenvalue weighted by atomic mass is 10.0. The summed E-state index contributed by atoms with van der Waals surface area (Å²) >= 11 is 6.64. The van der Waals surface area contributed by atoms with Gasteiger partial charge >= 0.3 is 0 Å². The summed E-state index contributed by atoms with van der Waals surface area (Å²) in [4.78, 5) is 17.7. The molecule has 0 aliphatic heterocycles. The Morgan fingerprint density at radius 2 is 1.61 bits per heavy atom. The maximum absolute atomic E-state index is 14.2. The van der Waals surface area contributed by atoms with Crippen LogP contribution in [-0.4, -0.2) is 10.9 Å². The van der Waals surface area contributed by atoms with E-state index in [4.69, 9.17) is 0 Å². The average molecular weight is 500 g/mol. The van der Waals surface area contributed by atoms with Crippen molar-refractivity contribution in [3.63, 3.8) is 0 Å². The Balaban J connectivity index is 1.80. The summed E-state index contributed by atoms with van der Waals surface area (Å²) in [6.07, 6.45) is 0. The van der Waals surface area contributed by atoms with Crippen LogP contribution in [0.5, 0.6) is 0 Å². The van der Waals surface area contributed by atoms with Crippen molar-refractivity contribution in [3.8, 4) is 11.3 Å². The molecule has 0 atom stereocenters. The van der Waals surface area contributed by atoms with Crippen molar-refractivity contribution in [2.24, 2.45) is 0 Å². The van der Waals surface area contributed by atoms with Gasteiger partial charge in [-0.2, -0.15) is 0 Å². The van der Waals surface area contributed by atoms with E-state index in [2.05, 4.69) is 42.2 Å². The number of amides is 1. The molecule has 1 N–H and O–H groups in total. The number of nitrogens with zero attached hydrogens (tertiary/aromatic N) is 1. The van der Waals surface area contributed by atoms with E-state index in [1.54, 1.807) is 12.1 Å². The first-order valence-electron chi connectivity index (χ1n) is 8.43. The number of hydrogen-bond donors (Lipinski definition) is 1. The Bertz CT molecular complexity index is 1190. The molecule has 0 fully saturated rings. The lowest BCUT2D eigenvalue weighted by Gasteiger charge is -2.11. The highest BCUT2D eigenvalue weighted by Crippen LogP contribution is 2.27. The van der Waals surface area contributed by atoms with E-state index in [9.17, 15) is 9.18 Å². The van der Waals surface area contributed by atoms with Crippen LogP contribution in [0.4, 0.5) is 10.1 Å². The molecular formula is C22H13Br2FN2O. The summed E-state index contributed by atoms with van der Waals surface area (Å²) < 4.78 is 15.7. The molecule has 6 heteroatoms. The van der Waals surface area contributed by atoms with E-state index < -0.39 is 11.7 Å². The zero-order valence-corrected chi connectivity index (χ0v) is 17.6. The SMILES string of the molecule is O=C(Nc1ccc(Br)cc1F)c1cc(-c2ccc(Br)cc2)nc2ccccc12. The number of rotatable bonds is 3. The highest BCUT2D eigenvalue weighted by Gasteiger charge is 2.15. The van der Waals surface area contributed by atoms with Crippen molar-refractivity contribution in [3.05, 3.63) is 93.1 Å². The predicted octanol–water partition coefficient (Wildman–Crippen LogP) is 6.82. The van der Waals surface area contributed by atoms with Crippen molar-refractivity contribution in [1.29, 1.82) is 0 Å². The number of hydrogen-bond acceptors (Lipinski definition) is 2. The molecule has 4 aromatic rings. The second kappa shape index (κ2) is 7.81. The van der Waals surface area contributed by atoms with Gasteiger partial charge < -0.3 is 5.32 Å². The van der Waals surface area contributed by atoms with Crippen LogP contribution >= 0.6 is 31.9 Å². The van der Waals surface area contributed by atoms with Crippen LogP contribution in [0, 0.1) is 5.82 Å². The number of pyridine rings is 1.